The lowest BCUT2D eigenvalue weighted by atomic mass is 10.1. The summed E-state index contributed by atoms with van der Waals surface area (Å²) in [7, 11) is 2.00. The predicted molar refractivity (Wildman–Crippen MR) is 105 cm³/mol. The second kappa shape index (κ2) is 6.29. The number of benzene rings is 1. The van der Waals surface area contributed by atoms with Gasteiger partial charge in [0.1, 0.15) is 0 Å². The van der Waals surface area contributed by atoms with E-state index in [-0.39, 0.29) is 17.9 Å². The fourth-order valence-electron chi connectivity index (χ4n) is 3.92. The number of anilines is 1. The first-order chi connectivity index (χ1) is 13.6. The zero-order valence-electron chi connectivity index (χ0n) is 15.4. The van der Waals surface area contributed by atoms with Crippen molar-refractivity contribution in [1.82, 2.24) is 29.5 Å². The molecule has 3 aromatic heterocycles. The first-order valence-electron chi connectivity index (χ1n) is 9.27. The second-order valence-electron chi connectivity index (χ2n) is 7.39. The Morgan fingerprint density at radius 2 is 2.11 bits per heavy atom. The molecule has 2 atom stereocenters. The number of hydrogen-bond acceptors (Lipinski definition) is 6. The molecule has 1 aliphatic rings. The Morgan fingerprint density at radius 3 is 2.93 bits per heavy atom. The normalized spacial score (nSPS) is 19.5. The highest BCUT2D eigenvalue weighted by molar-refractivity contribution is 5.85. The van der Waals surface area contributed by atoms with Gasteiger partial charge < -0.3 is 15.6 Å². The number of nitrogens with one attached hydrogen (secondary N) is 1. The molecule has 0 saturated heterocycles. The molecule has 1 aromatic carbocycles. The Balaban J connectivity index is 1.47. The van der Waals surface area contributed by atoms with E-state index in [2.05, 4.69) is 50.1 Å². The van der Waals surface area contributed by atoms with Gasteiger partial charge in [0, 0.05) is 36.8 Å². The summed E-state index contributed by atoms with van der Waals surface area (Å²) in [6.45, 7) is 0. The van der Waals surface area contributed by atoms with E-state index in [1.807, 2.05) is 17.7 Å². The molecule has 0 radical (unpaired) electrons. The Labute approximate surface area is 160 Å². The van der Waals surface area contributed by atoms with Crippen LogP contribution in [0.15, 0.2) is 36.8 Å². The van der Waals surface area contributed by atoms with E-state index < -0.39 is 0 Å². The van der Waals surface area contributed by atoms with Crippen molar-refractivity contribution in [2.45, 2.75) is 25.3 Å². The minimum atomic E-state index is -0.237. The van der Waals surface area contributed by atoms with Crippen LogP contribution in [-0.4, -0.2) is 41.5 Å². The summed E-state index contributed by atoms with van der Waals surface area (Å²) in [4.78, 5) is 20.3. The Kier molecular flexibility index (Phi) is 3.75. The molecule has 0 aliphatic heterocycles. The van der Waals surface area contributed by atoms with Gasteiger partial charge in [-0.2, -0.15) is 9.67 Å². The van der Waals surface area contributed by atoms with Gasteiger partial charge in [-0.15, -0.1) is 5.10 Å². The maximum absolute atomic E-state index is 11.4. The largest absolute Gasteiger partial charge is 0.369 e. The summed E-state index contributed by atoms with van der Waals surface area (Å²) >= 11 is 0. The summed E-state index contributed by atoms with van der Waals surface area (Å²) in [6.07, 6.45) is 8.18. The average Bonchev–Trinajstić information content (AvgIpc) is 3.38. The molecule has 142 valence electrons. The Hall–Kier alpha value is -3.49. The molecular formula is C19H20N8O. The van der Waals surface area contributed by atoms with Crippen LogP contribution in [0, 0.1) is 5.92 Å². The average molecular weight is 376 g/mol. The molecular weight excluding hydrogens is 356 g/mol. The van der Waals surface area contributed by atoms with E-state index >= 15 is 0 Å². The second-order valence-corrected chi connectivity index (χ2v) is 7.39. The number of hydrogen-bond donors (Lipinski definition) is 2. The first-order valence-corrected chi connectivity index (χ1v) is 9.27. The van der Waals surface area contributed by atoms with Crippen LogP contribution in [0.3, 0.4) is 0 Å². The third kappa shape index (κ3) is 2.84. The van der Waals surface area contributed by atoms with Gasteiger partial charge in [-0.25, -0.2) is 4.98 Å². The van der Waals surface area contributed by atoms with E-state index in [1.165, 1.54) is 0 Å². The Bertz CT molecular complexity index is 1190. The van der Waals surface area contributed by atoms with E-state index in [0.717, 1.165) is 29.3 Å². The van der Waals surface area contributed by atoms with Gasteiger partial charge >= 0.3 is 0 Å². The Morgan fingerprint density at radius 1 is 1.25 bits per heavy atom. The summed E-state index contributed by atoms with van der Waals surface area (Å²) < 4.78 is 3.74. The van der Waals surface area contributed by atoms with E-state index in [0.29, 0.717) is 23.5 Å². The lowest BCUT2D eigenvalue weighted by molar-refractivity contribution is -0.121. The predicted octanol–water partition coefficient (Wildman–Crippen LogP) is 1.77. The number of amides is 1. The smallest absolute Gasteiger partial charge is 0.225 e. The number of nitrogens with zero attached hydrogens (tertiary/aromatic N) is 6. The molecule has 3 heterocycles. The zero-order chi connectivity index (χ0) is 19.3. The van der Waals surface area contributed by atoms with Crippen LogP contribution in [0.5, 0.6) is 0 Å². The van der Waals surface area contributed by atoms with E-state index in [1.54, 1.807) is 10.9 Å². The van der Waals surface area contributed by atoms with Gasteiger partial charge in [-0.05, 0) is 36.8 Å². The minimum absolute atomic E-state index is 0.0778. The van der Waals surface area contributed by atoms with Gasteiger partial charge in [0.05, 0.1) is 11.9 Å². The fraction of sp³-hybridized carbons (Fsp3) is 0.316. The molecule has 28 heavy (non-hydrogen) atoms. The van der Waals surface area contributed by atoms with Crippen molar-refractivity contribution < 1.29 is 4.79 Å². The molecule has 0 spiro atoms. The molecule has 9 heteroatoms. The van der Waals surface area contributed by atoms with Gasteiger partial charge in [0.2, 0.25) is 11.9 Å². The summed E-state index contributed by atoms with van der Waals surface area (Å²) in [6, 6.07) is 6.26. The van der Waals surface area contributed by atoms with Gasteiger partial charge in [-0.1, -0.05) is 11.3 Å². The van der Waals surface area contributed by atoms with Crippen LogP contribution < -0.4 is 11.1 Å². The maximum Gasteiger partial charge on any atom is 0.225 e. The van der Waals surface area contributed by atoms with Crippen LogP contribution in [0.25, 0.3) is 27.6 Å². The van der Waals surface area contributed by atoms with Crippen molar-refractivity contribution in [3.8, 4) is 5.69 Å². The SMILES string of the molecule is Cn1cc2ccc(-n3nnc4cnc(NC5CCC(C(N)=O)C5)nc43)cc2c1. The fourth-order valence-corrected chi connectivity index (χ4v) is 3.92. The van der Waals surface area contributed by atoms with Gasteiger partial charge in [0.25, 0.3) is 0 Å². The third-order valence-electron chi connectivity index (χ3n) is 5.36. The number of fused-ring (bicyclic) bond motifs is 2. The van der Waals surface area contributed by atoms with Crippen molar-refractivity contribution in [3.63, 3.8) is 0 Å². The van der Waals surface area contributed by atoms with Gasteiger partial charge in [-0.3, -0.25) is 4.79 Å². The minimum Gasteiger partial charge on any atom is -0.369 e. The number of rotatable bonds is 4. The number of nitrogens with two attached hydrogens (primary N) is 1. The molecule has 1 saturated carbocycles. The highest BCUT2D eigenvalue weighted by Gasteiger charge is 2.28. The van der Waals surface area contributed by atoms with Crippen LogP contribution in [-0.2, 0) is 11.8 Å². The van der Waals surface area contributed by atoms with Crippen LogP contribution in [0.1, 0.15) is 19.3 Å². The van der Waals surface area contributed by atoms with Crippen molar-refractivity contribution in [2.75, 3.05) is 5.32 Å². The highest BCUT2D eigenvalue weighted by atomic mass is 16.1. The lowest BCUT2D eigenvalue weighted by Crippen LogP contribution is -2.23. The summed E-state index contributed by atoms with van der Waals surface area (Å²) in [5.74, 6) is 0.192. The third-order valence-corrected chi connectivity index (χ3v) is 5.36. The number of primary amides is 1. The van der Waals surface area contributed by atoms with Crippen molar-refractivity contribution in [3.05, 3.63) is 36.8 Å². The molecule has 3 N–H and O–H groups in total. The standard InChI is InChI=1S/C19H20N8O/c1-26-9-12-3-5-15(7-13(12)10-26)27-18-16(24-25-27)8-21-19(23-18)22-14-4-2-11(6-14)17(20)28/h3,5,7-11,14H,2,4,6H2,1H3,(H2,20,28)(H,21,22,23). The quantitative estimate of drug-likeness (QED) is 0.561. The molecule has 1 fully saturated rings. The number of carbonyl (C=O) groups is 1. The molecule has 1 aliphatic carbocycles. The van der Waals surface area contributed by atoms with E-state index in [4.69, 9.17) is 5.73 Å². The first kappa shape index (κ1) is 16.7. The monoisotopic (exact) mass is 376 g/mol. The molecule has 9 nitrogen and oxygen atoms in total. The van der Waals surface area contributed by atoms with Crippen LogP contribution in [0.4, 0.5) is 5.95 Å². The molecule has 2 unspecified atom stereocenters. The zero-order valence-corrected chi connectivity index (χ0v) is 15.4. The number of aryl methyl sites for hydroxylation is 1. The van der Waals surface area contributed by atoms with Crippen molar-refractivity contribution >= 4 is 33.8 Å². The van der Waals surface area contributed by atoms with Crippen molar-refractivity contribution in [1.29, 1.82) is 0 Å². The maximum atomic E-state index is 11.4. The summed E-state index contributed by atoms with van der Waals surface area (Å²) in [5.41, 5.74) is 7.57. The lowest BCUT2D eigenvalue weighted by Gasteiger charge is -2.12. The van der Waals surface area contributed by atoms with Crippen molar-refractivity contribution in [2.24, 2.45) is 18.7 Å². The van der Waals surface area contributed by atoms with Gasteiger partial charge in [0.15, 0.2) is 11.2 Å². The highest BCUT2D eigenvalue weighted by Crippen LogP contribution is 2.27. The summed E-state index contributed by atoms with van der Waals surface area (Å²) in [5, 5.41) is 14.0. The molecule has 5 rings (SSSR count). The van der Waals surface area contributed by atoms with Crippen LogP contribution in [0.2, 0.25) is 0 Å². The molecule has 1 amide bonds. The number of carbonyl (C=O) groups excluding carboxylic acids is 1. The van der Waals surface area contributed by atoms with E-state index in [9.17, 15) is 4.79 Å². The van der Waals surface area contributed by atoms with Crippen LogP contribution >= 0.6 is 0 Å². The molecule has 4 aromatic rings. The molecule has 0 bridgehead atoms. The topological polar surface area (TPSA) is 117 Å². The number of aromatic nitrogens is 6.